The highest BCUT2D eigenvalue weighted by Crippen LogP contribution is 2.31. The SMILES string of the molecule is COc1cc(/C=C2\C(=O)NC(=O)N(c3ccc(Br)cc3)C2=O)ccc1OCc1ccc(Cl)c(Cl)c1. The molecule has 7 nitrogen and oxygen atoms in total. The molecule has 1 heterocycles. The van der Waals surface area contributed by atoms with Crippen molar-refractivity contribution in [2.45, 2.75) is 6.61 Å². The van der Waals surface area contributed by atoms with E-state index in [0.29, 0.717) is 32.8 Å². The maximum absolute atomic E-state index is 13.1. The molecule has 0 atom stereocenters. The Kier molecular flexibility index (Phi) is 7.45. The van der Waals surface area contributed by atoms with E-state index >= 15 is 0 Å². The van der Waals surface area contributed by atoms with E-state index in [4.69, 9.17) is 32.7 Å². The summed E-state index contributed by atoms with van der Waals surface area (Å²) >= 11 is 15.3. The minimum absolute atomic E-state index is 0.195. The van der Waals surface area contributed by atoms with Crippen LogP contribution in [-0.2, 0) is 16.2 Å². The predicted molar refractivity (Wildman–Crippen MR) is 137 cm³/mol. The highest BCUT2D eigenvalue weighted by molar-refractivity contribution is 9.10. The number of hydrogen-bond donors (Lipinski definition) is 1. The van der Waals surface area contributed by atoms with Crippen LogP contribution in [0.1, 0.15) is 11.1 Å². The van der Waals surface area contributed by atoms with E-state index in [-0.39, 0.29) is 12.2 Å². The molecule has 3 aromatic rings. The van der Waals surface area contributed by atoms with Gasteiger partial charge in [-0.15, -0.1) is 0 Å². The van der Waals surface area contributed by atoms with Gasteiger partial charge in [-0.1, -0.05) is 51.3 Å². The first-order valence-electron chi connectivity index (χ1n) is 10.2. The fraction of sp³-hybridized carbons (Fsp3) is 0.0800. The van der Waals surface area contributed by atoms with Crippen molar-refractivity contribution in [1.82, 2.24) is 5.32 Å². The van der Waals surface area contributed by atoms with Crippen LogP contribution in [0, 0.1) is 0 Å². The third-order valence-corrected chi connectivity index (χ3v) is 6.33. The molecule has 4 rings (SSSR count). The number of methoxy groups -OCH3 is 1. The smallest absolute Gasteiger partial charge is 0.335 e. The van der Waals surface area contributed by atoms with Gasteiger partial charge >= 0.3 is 6.03 Å². The molecular weight excluding hydrogens is 559 g/mol. The van der Waals surface area contributed by atoms with Gasteiger partial charge < -0.3 is 9.47 Å². The third-order valence-electron chi connectivity index (χ3n) is 5.06. The third kappa shape index (κ3) is 5.51. The lowest BCUT2D eigenvalue weighted by molar-refractivity contribution is -0.122. The quantitative estimate of drug-likeness (QED) is 0.287. The van der Waals surface area contributed by atoms with E-state index < -0.39 is 17.8 Å². The Labute approximate surface area is 219 Å². The average molecular weight is 576 g/mol. The van der Waals surface area contributed by atoms with E-state index in [1.54, 1.807) is 60.7 Å². The molecule has 1 fully saturated rings. The minimum atomic E-state index is -0.817. The lowest BCUT2D eigenvalue weighted by Crippen LogP contribution is -2.54. The molecule has 0 unspecified atom stereocenters. The largest absolute Gasteiger partial charge is 0.493 e. The summed E-state index contributed by atoms with van der Waals surface area (Å²) in [4.78, 5) is 38.8. The molecule has 35 heavy (non-hydrogen) atoms. The molecule has 0 spiro atoms. The molecule has 1 aliphatic heterocycles. The standard InChI is InChI=1S/C25H17BrCl2N2O5/c1-34-22-12-14(3-9-21(22)35-13-15-2-8-19(27)20(28)11-15)10-18-23(31)29-25(33)30(24(18)32)17-6-4-16(26)5-7-17/h2-12H,13H2,1H3,(H,29,31,33)/b18-10+. The molecule has 0 aromatic heterocycles. The Morgan fingerprint density at radius 2 is 1.69 bits per heavy atom. The molecule has 1 saturated heterocycles. The van der Waals surface area contributed by atoms with Crippen LogP contribution in [0.2, 0.25) is 10.0 Å². The van der Waals surface area contributed by atoms with Crippen LogP contribution in [0.15, 0.2) is 70.7 Å². The fourth-order valence-electron chi connectivity index (χ4n) is 3.33. The zero-order valence-electron chi connectivity index (χ0n) is 18.2. The van der Waals surface area contributed by atoms with Gasteiger partial charge in [0, 0.05) is 4.47 Å². The van der Waals surface area contributed by atoms with Crippen molar-refractivity contribution in [3.05, 3.63) is 91.9 Å². The Morgan fingerprint density at radius 3 is 2.37 bits per heavy atom. The summed E-state index contributed by atoms with van der Waals surface area (Å²) in [7, 11) is 1.48. The zero-order chi connectivity index (χ0) is 25.1. The molecular formula is C25H17BrCl2N2O5. The number of halogens is 3. The second kappa shape index (κ2) is 10.5. The van der Waals surface area contributed by atoms with Crippen molar-refractivity contribution in [3.63, 3.8) is 0 Å². The first-order chi connectivity index (χ1) is 16.8. The van der Waals surface area contributed by atoms with Gasteiger partial charge in [-0.05, 0) is 65.7 Å². The highest BCUT2D eigenvalue weighted by Gasteiger charge is 2.36. The second-order valence-corrected chi connectivity index (χ2v) is 9.11. The van der Waals surface area contributed by atoms with Gasteiger partial charge in [0.15, 0.2) is 11.5 Å². The van der Waals surface area contributed by atoms with E-state index in [0.717, 1.165) is 14.9 Å². The van der Waals surface area contributed by atoms with Gasteiger partial charge in [0.25, 0.3) is 11.8 Å². The van der Waals surface area contributed by atoms with Crippen molar-refractivity contribution >= 4 is 68.7 Å². The lowest BCUT2D eigenvalue weighted by atomic mass is 10.1. The summed E-state index contributed by atoms with van der Waals surface area (Å²) in [6, 6.07) is 15.9. The molecule has 0 radical (unpaired) electrons. The van der Waals surface area contributed by atoms with E-state index in [1.807, 2.05) is 0 Å². The minimum Gasteiger partial charge on any atom is -0.493 e. The number of carbonyl (C=O) groups excluding carboxylic acids is 3. The van der Waals surface area contributed by atoms with Gasteiger partial charge in [0.2, 0.25) is 0 Å². The number of hydrogen-bond acceptors (Lipinski definition) is 5. The van der Waals surface area contributed by atoms with Gasteiger partial charge in [0.1, 0.15) is 12.2 Å². The summed E-state index contributed by atoms with van der Waals surface area (Å²) in [5, 5.41) is 3.08. The van der Waals surface area contributed by atoms with E-state index in [1.165, 1.54) is 13.2 Å². The Balaban J connectivity index is 1.58. The summed E-state index contributed by atoms with van der Waals surface area (Å²) in [6.45, 7) is 0.221. The van der Waals surface area contributed by atoms with Crippen molar-refractivity contribution in [2.75, 3.05) is 12.0 Å². The molecule has 0 saturated carbocycles. The summed E-state index contributed by atoms with van der Waals surface area (Å²) in [5.74, 6) is -0.678. The number of nitrogens with one attached hydrogen (secondary N) is 1. The maximum Gasteiger partial charge on any atom is 0.335 e. The predicted octanol–water partition coefficient (Wildman–Crippen LogP) is 6.01. The maximum atomic E-state index is 13.1. The number of benzene rings is 3. The molecule has 0 bridgehead atoms. The van der Waals surface area contributed by atoms with Crippen LogP contribution in [0.5, 0.6) is 11.5 Å². The Bertz CT molecular complexity index is 1360. The zero-order valence-corrected chi connectivity index (χ0v) is 21.3. The first-order valence-corrected chi connectivity index (χ1v) is 11.7. The molecule has 1 N–H and O–H groups in total. The molecule has 10 heteroatoms. The van der Waals surface area contributed by atoms with Crippen LogP contribution >= 0.6 is 39.1 Å². The molecule has 0 aliphatic carbocycles. The lowest BCUT2D eigenvalue weighted by Gasteiger charge is -2.26. The number of ether oxygens (including phenoxy) is 2. The molecule has 1 aliphatic rings. The highest BCUT2D eigenvalue weighted by atomic mass is 79.9. The van der Waals surface area contributed by atoms with E-state index in [2.05, 4.69) is 21.2 Å². The van der Waals surface area contributed by atoms with Gasteiger partial charge in [-0.3, -0.25) is 14.9 Å². The number of rotatable bonds is 6. The van der Waals surface area contributed by atoms with Gasteiger partial charge in [0.05, 0.1) is 22.8 Å². The normalized spacial score (nSPS) is 14.8. The average Bonchev–Trinajstić information content (AvgIpc) is 2.84. The monoisotopic (exact) mass is 574 g/mol. The topological polar surface area (TPSA) is 84.9 Å². The number of amides is 4. The van der Waals surface area contributed by atoms with Crippen molar-refractivity contribution < 1.29 is 23.9 Å². The Morgan fingerprint density at radius 1 is 0.943 bits per heavy atom. The van der Waals surface area contributed by atoms with Gasteiger partial charge in [-0.2, -0.15) is 0 Å². The molecule has 178 valence electrons. The van der Waals surface area contributed by atoms with Crippen LogP contribution in [-0.4, -0.2) is 25.0 Å². The summed E-state index contributed by atoms with van der Waals surface area (Å²) in [5.41, 5.74) is 1.46. The number of barbiturate groups is 1. The number of nitrogens with zero attached hydrogens (tertiary/aromatic N) is 1. The second-order valence-electron chi connectivity index (χ2n) is 7.38. The van der Waals surface area contributed by atoms with Crippen LogP contribution < -0.4 is 19.7 Å². The summed E-state index contributed by atoms with van der Waals surface area (Å²) in [6.07, 6.45) is 1.39. The number of anilines is 1. The van der Waals surface area contributed by atoms with Crippen LogP contribution in [0.4, 0.5) is 10.5 Å². The first kappa shape index (κ1) is 24.8. The van der Waals surface area contributed by atoms with Crippen molar-refractivity contribution in [1.29, 1.82) is 0 Å². The van der Waals surface area contributed by atoms with Crippen molar-refractivity contribution in [2.24, 2.45) is 0 Å². The number of carbonyl (C=O) groups is 3. The van der Waals surface area contributed by atoms with Crippen molar-refractivity contribution in [3.8, 4) is 11.5 Å². The Hall–Kier alpha value is -3.33. The summed E-state index contributed by atoms with van der Waals surface area (Å²) < 4.78 is 12.1. The molecule has 3 aromatic carbocycles. The fourth-order valence-corrected chi connectivity index (χ4v) is 3.92. The number of urea groups is 1. The van der Waals surface area contributed by atoms with Gasteiger partial charge in [-0.25, -0.2) is 9.69 Å². The number of imide groups is 2. The molecule has 4 amide bonds. The van der Waals surface area contributed by atoms with Crippen LogP contribution in [0.25, 0.3) is 6.08 Å². The van der Waals surface area contributed by atoms with E-state index in [9.17, 15) is 14.4 Å². The van der Waals surface area contributed by atoms with Crippen LogP contribution in [0.3, 0.4) is 0 Å².